The van der Waals surface area contributed by atoms with Crippen molar-refractivity contribution in [2.75, 3.05) is 22.7 Å². The lowest BCUT2D eigenvalue weighted by molar-refractivity contribution is -0.0429. The number of hydrogen-bond acceptors (Lipinski definition) is 8. The van der Waals surface area contributed by atoms with E-state index in [1.807, 2.05) is 18.7 Å². The maximum atomic E-state index is 13.1. The van der Waals surface area contributed by atoms with Crippen LogP contribution in [0.25, 0.3) is 4.85 Å². The number of alkyl halides is 3. The normalized spacial score (nSPS) is 12.2. The van der Waals surface area contributed by atoms with E-state index in [4.69, 9.17) is 6.57 Å². The van der Waals surface area contributed by atoms with Crippen molar-refractivity contribution in [3.05, 3.63) is 28.9 Å². The number of azo groups is 1. The molecule has 0 aliphatic heterocycles. The Hall–Kier alpha value is -2.79. The SMILES string of the molecule is [C-]#[N+]c1c(C)c(N(CCC)CCC)cc(NS(=O)(=O)C(F)(F)F)c1N=Nc1nc(C)ns1. The van der Waals surface area contributed by atoms with Gasteiger partial charge in [0.15, 0.2) is 0 Å². The average molecular weight is 490 g/mol. The second-order valence-electron chi connectivity index (χ2n) is 6.74. The second-order valence-corrected chi connectivity index (χ2v) is 9.14. The van der Waals surface area contributed by atoms with Crippen molar-refractivity contribution >= 4 is 49.4 Å². The van der Waals surface area contributed by atoms with E-state index >= 15 is 0 Å². The molecule has 2 aromatic rings. The van der Waals surface area contributed by atoms with Gasteiger partial charge in [-0.05, 0) is 38.3 Å². The molecule has 2 rings (SSSR count). The number of aromatic nitrogens is 2. The number of nitrogens with one attached hydrogen (secondary N) is 1. The second kappa shape index (κ2) is 10.2. The van der Waals surface area contributed by atoms with E-state index in [0.717, 1.165) is 24.4 Å². The van der Waals surface area contributed by atoms with Crippen molar-refractivity contribution in [3.63, 3.8) is 0 Å². The minimum absolute atomic E-state index is 0.107. The summed E-state index contributed by atoms with van der Waals surface area (Å²) in [7, 11) is -5.76. The van der Waals surface area contributed by atoms with Gasteiger partial charge in [-0.15, -0.1) is 5.11 Å². The molecule has 0 aliphatic carbocycles. The maximum absolute atomic E-state index is 13.1. The van der Waals surface area contributed by atoms with Gasteiger partial charge >= 0.3 is 15.5 Å². The van der Waals surface area contributed by atoms with Crippen LogP contribution in [0.15, 0.2) is 16.3 Å². The lowest BCUT2D eigenvalue weighted by Gasteiger charge is -2.27. The molecule has 1 N–H and O–H groups in total. The standard InChI is InChI=1S/C18H22F3N7O2S2/c1-6-8-28(9-7-2)14-10-13(27-32(29,30)18(19,20)21)16(15(22-5)11(14)3)24-25-17-23-12(4)26-31-17/h10,27H,6-9H2,1-4H3. The Labute approximate surface area is 188 Å². The molecule has 0 spiro atoms. The third-order valence-electron chi connectivity index (χ3n) is 4.24. The van der Waals surface area contributed by atoms with Gasteiger partial charge in [0.1, 0.15) is 11.5 Å². The molecule has 174 valence electrons. The molecule has 1 aromatic heterocycles. The molecular formula is C18H22F3N7O2S2. The fraction of sp³-hybridized carbons (Fsp3) is 0.500. The van der Waals surface area contributed by atoms with Crippen LogP contribution in [0.1, 0.15) is 38.1 Å². The summed E-state index contributed by atoms with van der Waals surface area (Å²) >= 11 is 0.905. The summed E-state index contributed by atoms with van der Waals surface area (Å²) < 4.78 is 68.4. The molecule has 0 saturated heterocycles. The van der Waals surface area contributed by atoms with E-state index in [0.29, 0.717) is 30.2 Å². The lowest BCUT2D eigenvalue weighted by Crippen LogP contribution is -2.30. The van der Waals surface area contributed by atoms with E-state index in [2.05, 4.69) is 24.4 Å². The van der Waals surface area contributed by atoms with Crippen molar-refractivity contribution < 1.29 is 21.6 Å². The van der Waals surface area contributed by atoms with E-state index in [1.54, 1.807) is 18.6 Å². The highest BCUT2D eigenvalue weighted by Gasteiger charge is 2.46. The Morgan fingerprint density at radius 2 is 1.84 bits per heavy atom. The predicted molar refractivity (Wildman–Crippen MR) is 118 cm³/mol. The lowest BCUT2D eigenvalue weighted by atomic mass is 10.1. The first-order chi connectivity index (χ1) is 14.9. The van der Waals surface area contributed by atoms with E-state index in [1.165, 1.54) is 6.07 Å². The molecule has 0 bridgehead atoms. The van der Waals surface area contributed by atoms with Crippen molar-refractivity contribution in [2.45, 2.75) is 46.0 Å². The van der Waals surface area contributed by atoms with Gasteiger partial charge in [-0.2, -0.15) is 31.1 Å². The molecule has 0 amide bonds. The number of hydrogen-bond donors (Lipinski definition) is 1. The molecule has 1 aromatic carbocycles. The van der Waals surface area contributed by atoms with Crippen LogP contribution in [0, 0.1) is 20.4 Å². The summed E-state index contributed by atoms with van der Waals surface area (Å²) in [6, 6.07) is 1.26. The van der Waals surface area contributed by atoms with Gasteiger partial charge in [-0.3, -0.25) is 4.72 Å². The zero-order chi connectivity index (χ0) is 24.1. The van der Waals surface area contributed by atoms with Crippen LogP contribution in [0.3, 0.4) is 0 Å². The average Bonchev–Trinajstić information content (AvgIpc) is 3.11. The molecular weight excluding hydrogens is 467 g/mol. The van der Waals surface area contributed by atoms with E-state index < -0.39 is 21.2 Å². The van der Waals surface area contributed by atoms with Gasteiger partial charge in [-0.1, -0.05) is 13.8 Å². The minimum atomic E-state index is -5.76. The zero-order valence-corrected chi connectivity index (χ0v) is 19.5. The summed E-state index contributed by atoms with van der Waals surface area (Å²) in [5.74, 6) is 0.425. The number of halogens is 3. The van der Waals surface area contributed by atoms with E-state index in [9.17, 15) is 21.6 Å². The van der Waals surface area contributed by atoms with Crippen molar-refractivity contribution in [3.8, 4) is 0 Å². The van der Waals surface area contributed by atoms with Crippen LogP contribution in [0.4, 0.5) is 41.1 Å². The van der Waals surface area contributed by atoms with Crippen LogP contribution < -0.4 is 9.62 Å². The fourth-order valence-corrected chi connectivity index (χ4v) is 3.96. The molecule has 9 nitrogen and oxygen atoms in total. The van der Waals surface area contributed by atoms with Crippen molar-refractivity contribution in [1.29, 1.82) is 0 Å². The van der Waals surface area contributed by atoms with Gasteiger partial charge in [0.25, 0.3) is 0 Å². The Balaban J connectivity index is 2.75. The van der Waals surface area contributed by atoms with Gasteiger partial charge < -0.3 is 4.90 Å². The van der Waals surface area contributed by atoms with Crippen LogP contribution in [0.5, 0.6) is 0 Å². The number of anilines is 2. The quantitative estimate of drug-likeness (QED) is 0.343. The smallest absolute Gasteiger partial charge is 0.372 e. The topological polar surface area (TPSA) is 104 Å². The largest absolute Gasteiger partial charge is 0.516 e. The van der Waals surface area contributed by atoms with E-state index in [-0.39, 0.29) is 16.5 Å². The highest BCUT2D eigenvalue weighted by molar-refractivity contribution is 7.93. The van der Waals surface area contributed by atoms with Crippen LogP contribution in [-0.4, -0.2) is 36.4 Å². The Kier molecular flexibility index (Phi) is 8.13. The Bertz CT molecular complexity index is 1130. The van der Waals surface area contributed by atoms with Crippen molar-refractivity contribution in [2.24, 2.45) is 10.2 Å². The maximum Gasteiger partial charge on any atom is 0.516 e. The first-order valence-electron chi connectivity index (χ1n) is 9.56. The van der Waals surface area contributed by atoms with Crippen LogP contribution in [0.2, 0.25) is 0 Å². The number of rotatable bonds is 9. The third-order valence-corrected chi connectivity index (χ3v) is 6.03. The Morgan fingerprint density at radius 3 is 2.31 bits per heavy atom. The van der Waals surface area contributed by atoms with Gasteiger partial charge in [0, 0.05) is 30.3 Å². The molecule has 0 aliphatic rings. The van der Waals surface area contributed by atoms with Gasteiger partial charge in [0.2, 0.25) is 10.8 Å². The first-order valence-corrected chi connectivity index (χ1v) is 11.8. The van der Waals surface area contributed by atoms with Gasteiger partial charge in [0.05, 0.1) is 12.3 Å². The van der Waals surface area contributed by atoms with Crippen LogP contribution >= 0.6 is 11.5 Å². The highest BCUT2D eigenvalue weighted by atomic mass is 32.2. The number of benzene rings is 1. The number of nitrogens with zero attached hydrogens (tertiary/aromatic N) is 6. The molecule has 0 saturated carbocycles. The molecule has 0 radical (unpaired) electrons. The zero-order valence-electron chi connectivity index (χ0n) is 17.9. The number of sulfonamides is 1. The fourth-order valence-electron chi connectivity index (χ4n) is 2.90. The third kappa shape index (κ3) is 5.71. The summed E-state index contributed by atoms with van der Waals surface area (Å²) in [5, 5.41) is 7.84. The summed E-state index contributed by atoms with van der Waals surface area (Å²) in [5.41, 5.74) is -5.56. The summed E-state index contributed by atoms with van der Waals surface area (Å²) in [6.45, 7) is 15.9. The summed E-state index contributed by atoms with van der Waals surface area (Å²) in [4.78, 5) is 9.30. The molecule has 14 heteroatoms. The molecule has 1 heterocycles. The predicted octanol–water partition coefficient (Wildman–Crippen LogP) is 6.01. The van der Waals surface area contributed by atoms with Crippen LogP contribution in [-0.2, 0) is 10.0 Å². The minimum Gasteiger partial charge on any atom is -0.372 e. The number of aryl methyl sites for hydroxylation is 1. The molecule has 0 atom stereocenters. The monoisotopic (exact) mass is 489 g/mol. The first kappa shape index (κ1) is 25.5. The molecule has 0 unspecified atom stereocenters. The molecule has 32 heavy (non-hydrogen) atoms. The van der Waals surface area contributed by atoms with Gasteiger partial charge in [-0.25, -0.2) is 9.83 Å². The Morgan fingerprint density at radius 1 is 1.22 bits per heavy atom. The summed E-state index contributed by atoms with van der Waals surface area (Å²) in [6.07, 6.45) is 1.49. The molecule has 0 fully saturated rings. The van der Waals surface area contributed by atoms with Crippen molar-refractivity contribution in [1.82, 2.24) is 9.36 Å². The highest BCUT2D eigenvalue weighted by Crippen LogP contribution is 2.46.